The highest BCUT2D eigenvalue weighted by Gasteiger charge is 2.12. The van der Waals surface area contributed by atoms with E-state index in [1.807, 2.05) is 24.3 Å². The molecule has 0 aliphatic carbocycles. The van der Waals surface area contributed by atoms with Crippen LogP contribution in [0.2, 0.25) is 0 Å². The standard InChI is InChI=1S/C11H11BrO3/c1-3-10(15-11(13)14-2)8-4-6-9(12)7-5-8/h3-7,10H,1H2,2H3. The Labute approximate surface area is 96.8 Å². The molecule has 0 heterocycles. The van der Waals surface area contributed by atoms with Gasteiger partial charge in [0.15, 0.2) is 0 Å². The molecule has 0 aliphatic heterocycles. The van der Waals surface area contributed by atoms with Gasteiger partial charge >= 0.3 is 6.16 Å². The summed E-state index contributed by atoms with van der Waals surface area (Å²) < 4.78 is 10.4. The Morgan fingerprint density at radius 2 is 2.07 bits per heavy atom. The predicted octanol–water partition coefficient (Wildman–Crippen LogP) is 3.46. The van der Waals surface area contributed by atoms with Gasteiger partial charge in [-0.05, 0) is 23.8 Å². The van der Waals surface area contributed by atoms with Crippen LogP contribution in [0, 0.1) is 0 Å². The van der Waals surface area contributed by atoms with Crippen molar-refractivity contribution < 1.29 is 14.3 Å². The molecule has 0 N–H and O–H groups in total. The van der Waals surface area contributed by atoms with Crippen LogP contribution in [0.5, 0.6) is 0 Å². The first-order valence-corrected chi connectivity index (χ1v) is 5.09. The molecule has 0 saturated carbocycles. The van der Waals surface area contributed by atoms with Crippen molar-refractivity contribution >= 4 is 22.1 Å². The third-order valence-corrected chi connectivity index (χ3v) is 2.33. The van der Waals surface area contributed by atoms with Crippen molar-refractivity contribution in [3.05, 3.63) is 47.0 Å². The molecule has 0 bridgehead atoms. The van der Waals surface area contributed by atoms with Gasteiger partial charge in [-0.25, -0.2) is 4.79 Å². The summed E-state index contributed by atoms with van der Waals surface area (Å²) in [6.45, 7) is 3.60. The third kappa shape index (κ3) is 3.40. The van der Waals surface area contributed by atoms with Crippen LogP contribution in [-0.2, 0) is 9.47 Å². The quantitative estimate of drug-likeness (QED) is 0.623. The van der Waals surface area contributed by atoms with Gasteiger partial charge in [-0.15, -0.1) is 0 Å². The summed E-state index contributed by atoms with van der Waals surface area (Å²) in [4.78, 5) is 10.9. The largest absolute Gasteiger partial charge is 0.508 e. The fourth-order valence-corrected chi connectivity index (χ4v) is 1.32. The Kier molecular flexibility index (Phi) is 4.37. The first-order valence-electron chi connectivity index (χ1n) is 4.30. The fourth-order valence-electron chi connectivity index (χ4n) is 1.06. The lowest BCUT2D eigenvalue weighted by Gasteiger charge is -2.13. The highest BCUT2D eigenvalue weighted by atomic mass is 79.9. The summed E-state index contributed by atoms with van der Waals surface area (Å²) in [6, 6.07) is 7.43. The molecule has 0 aromatic heterocycles. The Morgan fingerprint density at radius 1 is 1.47 bits per heavy atom. The highest BCUT2D eigenvalue weighted by molar-refractivity contribution is 9.10. The van der Waals surface area contributed by atoms with Gasteiger partial charge in [0.25, 0.3) is 0 Å². The molecule has 1 aromatic rings. The Balaban J connectivity index is 2.78. The third-order valence-electron chi connectivity index (χ3n) is 1.80. The summed E-state index contributed by atoms with van der Waals surface area (Å²) in [5, 5.41) is 0. The van der Waals surface area contributed by atoms with Crippen LogP contribution in [0.1, 0.15) is 11.7 Å². The van der Waals surface area contributed by atoms with E-state index in [9.17, 15) is 4.79 Å². The second-order valence-electron chi connectivity index (χ2n) is 2.78. The zero-order valence-corrected chi connectivity index (χ0v) is 9.86. The zero-order valence-electron chi connectivity index (χ0n) is 8.27. The van der Waals surface area contributed by atoms with E-state index in [1.165, 1.54) is 7.11 Å². The lowest BCUT2D eigenvalue weighted by atomic mass is 10.1. The molecule has 3 nitrogen and oxygen atoms in total. The normalized spacial score (nSPS) is 11.6. The minimum Gasteiger partial charge on any atom is -0.438 e. The van der Waals surface area contributed by atoms with Crippen molar-refractivity contribution in [2.45, 2.75) is 6.10 Å². The predicted molar refractivity (Wildman–Crippen MR) is 60.6 cm³/mol. The van der Waals surface area contributed by atoms with E-state index in [0.29, 0.717) is 0 Å². The van der Waals surface area contributed by atoms with Gasteiger partial charge in [0, 0.05) is 4.47 Å². The second-order valence-corrected chi connectivity index (χ2v) is 3.70. The Bertz CT molecular complexity index is 345. The van der Waals surface area contributed by atoms with Gasteiger partial charge in [0.2, 0.25) is 0 Å². The SMILES string of the molecule is C=CC(OC(=O)OC)c1ccc(Br)cc1. The summed E-state index contributed by atoms with van der Waals surface area (Å²) in [7, 11) is 1.27. The minimum atomic E-state index is -0.720. The Morgan fingerprint density at radius 3 is 2.53 bits per heavy atom. The zero-order chi connectivity index (χ0) is 11.3. The van der Waals surface area contributed by atoms with E-state index in [0.717, 1.165) is 10.0 Å². The molecule has 0 saturated heterocycles. The lowest BCUT2D eigenvalue weighted by molar-refractivity contribution is 0.0522. The first-order chi connectivity index (χ1) is 7.17. The van der Waals surface area contributed by atoms with Crippen molar-refractivity contribution in [3.63, 3.8) is 0 Å². The molecular formula is C11H11BrO3. The lowest BCUT2D eigenvalue weighted by Crippen LogP contribution is -2.09. The topological polar surface area (TPSA) is 35.5 Å². The summed E-state index contributed by atoms with van der Waals surface area (Å²) in [5.74, 6) is 0. The molecule has 0 aliphatic rings. The number of rotatable bonds is 3. The van der Waals surface area contributed by atoms with Gasteiger partial charge in [-0.2, -0.15) is 0 Å². The van der Waals surface area contributed by atoms with E-state index >= 15 is 0 Å². The van der Waals surface area contributed by atoms with E-state index in [4.69, 9.17) is 4.74 Å². The maximum absolute atomic E-state index is 10.9. The van der Waals surface area contributed by atoms with E-state index in [-0.39, 0.29) is 0 Å². The number of benzene rings is 1. The molecular weight excluding hydrogens is 260 g/mol. The van der Waals surface area contributed by atoms with E-state index in [1.54, 1.807) is 6.08 Å². The number of methoxy groups -OCH3 is 1. The molecule has 0 radical (unpaired) electrons. The molecule has 1 atom stereocenters. The average molecular weight is 271 g/mol. The number of halogens is 1. The van der Waals surface area contributed by atoms with Gasteiger partial charge < -0.3 is 9.47 Å². The van der Waals surface area contributed by atoms with Crippen LogP contribution in [0.3, 0.4) is 0 Å². The van der Waals surface area contributed by atoms with Crippen LogP contribution in [0.15, 0.2) is 41.4 Å². The maximum atomic E-state index is 10.9. The van der Waals surface area contributed by atoms with Gasteiger partial charge in [-0.1, -0.05) is 34.6 Å². The number of hydrogen-bond donors (Lipinski definition) is 0. The molecule has 4 heteroatoms. The van der Waals surface area contributed by atoms with Crippen LogP contribution < -0.4 is 0 Å². The molecule has 0 amide bonds. The van der Waals surface area contributed by atoms with Crippen LogP contribution in [-0.4, -0.2) is 13.3 Å². The monoisotopic (exact) mass is 270 g/mol. The van der Waals surface area contributed by atoms with Gasteiger partial charge in [-0.3, -0.25) is 0 Å². The van der Waals surface area contributed by atoms with E-state index in [2.05, 4.69) is 27.2 Å². The minimum absolute atomic E-state index is 0.481. The molecule has 15 heavy (non-hydrogen) atoms. The maximum Gasteiger partial charge on any atom is 0.508 e. The van der Waals surface area contributed by atoms with Gasteiger partial charge in [0.1, 0.15) is 6.10 Å². The molecule has 0 fully saturated rings. The van der Waals surface area contributed by atoms with Crippen molar-refractivity contribution in [1.82, 2.24) is 0 Å². The molecule has 80 valence electrons. The smallest absolute Gasteiger partial charge is 0.438 e. The van der Waals surface area contributed by atoms with Gasteiger partial charge in [0.05, 0.1) is 7.11 Å². The highest BCUT2D eigenvalue weighted by Crippen LogP contribution is 2.21. The molecule has 1 rings (SSSR count). The fraction of sp³-hybridized carbons (Fsp3) is 0.182. The van der Waals surface area contributed by atoms with Crippen molar-refractivity contribution in [3.8, 4) is 0 Å². The van der Waals surface area contributed by atoms with Crippen LogP contribution in [0.4, 0.5) is 4.79 Å². The average Bonchev–Trinajstić information content (AvgIpc) is 2.27. The molecule has 0 spiro atoms. The van der Waals surface area contributed by atoms with Crippen LogP contribution >= 0.6 is 15.9 Å². The molecule has 1 aromatic carbocycles. The van der Waals surface area contributed by atoms with Crippen molar-refractivity contribution in [2.24, 2.45) is 0 Å². The van der Waals surface area contributed by atoms with Crippen molar-refractivity contribution in [2.75, 3.05) is 7.11 Å². The number of carbonyl (C=O) groups excluding carboxylic acids is 1. The summed E-state index contributed by atoms with van der Waals surface area (Å²) >= 11 is 3.32. The number of ether oxygens (including phenoxy) is 2. The van der Waals surface area contributed by atoms with Crippen LogP contribution in [0.25, 0.3) is 0 Å². The second kappa shape index (κ2) is 5.56. The molecule has 1 unspecified atom stereocenters. The first kappa shape index (κ1) is 11.8. The summed E-state index contributed by atoms with van der Waals surface area (Å²) in [6.07, 6.45) is 0.341. The summed E-state index contributed by atoms with van der Waals surface area (Å²) in [5.41, 5.74) is 0.846. The number of carbonyl (C=O) groups is 1. The Hall–Kier alpha value is -1.29. The number of hydrogen-bond acceptors (Lipinski definition) is 3. The van der Waals surface area contributed by atoms with E-state index < -0.39 is 12.3 Å². The van der Waals surface area contributed by atoms with Crippen molar-refractivity contribution in [1.29, 1.82) is 0 Å².